The molecule has 4 aromatic rings. The second kappa shape index (κ2) is 5.57. The summed E-state index contributed by atoms with van der Waals surface area (Å²) >= 11 is 13.9. The van der Waals surface area contributed by atoms with E-state index in [1.54, 1.807) is 17.4 Å². The van der Waals surface area contributed by atoms with Gasteiger partial charge in [-0.3, -0.25) is 4.40 Å². The Bertz CT molecular complexity index is 1020. The summed E-state index contributed by atoms with van der Waals surface area (Å²) in [6, 6.07) is 13.2. The van der Waals surface area contributed by atoms with Gasteiger partial charge in [-0.2, -0.15) is 0 Å². The number of nitrogens with zero attached hydrogens (tertiary/aromatic N) is 2. The molecule has 114 valence electrons. The number of thiazole rings is 1. The van der Waals surface area contributed by atoms with Crippen molar-refractivity contribution in [2.75, 3.05) is 5.73 Å². The third-order valence-corrected chi connectivity index (χ3v) is 4.99. The molecule has 23 heavy (non-hydrogen) atoms. The predicted octanol–water partition coefficient (Wildman–Crippen LogP) is 5.62. The van der Waals surface area contributed by atoms with E-state index in [-0.39, 0.29) is 0 Å². The van der Waals surface area contributed by atoms with E-state index >= 15 is 0 Å². The first kappa shape index (κ1) is 14.6. The van der Waals surface area contributed by atoms with Crippen molar-refractivity contribution >= 4 is 45.2 Å². The summed E-state index contributed by atoms with van der Waals surface area (Å²) in [5.41, 5.74) is 10.4. The summed E-state index contributed by atoms with van der Waals surface area (Å²) in [5.74, 6) is 0. The molecular formula is C17H11Cl2N3S. The standard InChI is InChI=1S/C17H11Cl2N3S/c18-11-4-5-13(14(19)7-11)16-9-23-17-21-15(8-22(16)17)10-2-1-3-12(20)6-10/h1-9H,20H2. The molecule has 0 aliphatic heterocycles. The highest BCUT2D eigenvalue weighted by atomic mass is 35.5. The number of anilines is 1. The monoisotopic (exact) mass is 359 g/mol. The van der Waals surface area contributed by atoms with Gasteiger partial charge in [-0.15, -0.1) is 11.3 Å². The van der Waals surface area contributed by atoms with Gasteiger partial charge >= 0.3 is 0 Å². The molecule has 2 heterocycles. The number of benzene rings is 2. The highest BCUT2D eigenvalue weighted by molar-refractivity contribution is 7.15. The third kappa shape index (κ3) is 2.59. The summed E-state index contributed by atoms with van der Waals surface area (Å²) in [6.45, 7) is 0. The Morgan fingerprint density at radius 1 is 1.09 bits per heavy atom. The average molecular weight is 360 g/mol. The second-order valence-electron chi connectivity index (χ2n) is 5.15. The number of rotatable bonds is 2. The van der Waals surface area contributed by atoms with E-state index in [0.717, 1.165) is 33.2 Å². The first-order valence-electron chi connectivity index (χ1n) is 6.90. The van der Waals surface area contributed by atoms with Gasteiger partial charge in [0.25, 0.3) is 0 Å². The predicted molar refractivity (Wildman–Crippen MR) is 98.4 cm³/mol. The van der Waals surface area contributed by atoms with Gasteiger partial charge in [0, 0.05) is 33.4 Å². The van der Waals surface area contributed by atoms with Crippen LogP contribution in [0.25, 0.3) is 27.5 Å². The van der Waals surface area contributed by atoms with E-state index in [9.17, 15) is 0 Å². The first-order valence-corrected chi connectivity index (χ1v) is 8.53. The quantitative estimate of drug-likeness (QED) is 0.472. The normalized spacial score (nSPS) is 11.2. The number of imidazole rings is 1. The molecule has 0 aliphatic carbocycles. The maximum Gasteiger partial charge on any atom is 0.194 e. The Balaban J connectivity index is 1.87. The fourth-order valence-corrected chi connectivity index (χ4v) is 3.89. The zero-order valence-electron chi connectivity index (χ0n) is 11.8. The van der Waals surface area contributed by atoms with Crippen LogP contribution in [-0.4, -0.2) is 9.38 Å². The number of halogens is 2. The summed E-state index contributed by atoms with van der Waals surface area (Å²) in [7, 11) is 0. The lowest BCUT2D eigenvalue weighted by Crippen LogP contribution is -1.86. The number of nitrogens with two attached hydrogens (primary N) is 1. The van der Waals surface area contributed by atoms with Crippen molar-refractivity contribution in [3.63, 3.8) is 0 Å². The lowest BCUT2D eigenvalue weighted by atomic mass is 10.1. The highest BCUT2D eigenvalue weighted by Crippen LogP contribution is 2.34. The van der Waals surface area contributed by atoms with E-state index in [0.29, 0.717) is 10.0 Å². The third-order valence-electron chi connectivity index (χ3n) is 3.60. The van der Waals surface area contributed by atoms with Crippen molar-refractivity contribution in [2.24, 2.45) is 0 Å². The molecule has 2 N–H and O–H groups in total. The van der Waals surface area contributed by atoms with E-state index in [4.69, 9.17) is 28.9 Å². The lowest BCUT2D eigenvalue weighted by Gasteiger charge is -2.03. The van der Waals surface area contributed by atoms with Crippen LogP contribution < -0.4 is 5.73 Å². The first-order chi connectivity index (χ1) is 11.1. The maximum absolute atomic E-state index is 6.34. The summed E-state index contributed by atoms with van der Waals surface area (Å²) in [5, 5.41) is 3.29. The van der Waals surface area contributed by atoms with E-state index in [1.807, 2.05) is 52.4 Å². The number of aromatic nitrogens is 2. The summed E-state index contributed by atoms with van der Waals surface area (Å²) in [6.07, 6.45) is 2.00. The fraction of sp³-hybridized carbons (Fsp3) is 0. The number of hydrogen-bond donors (Lipinski definition) is 1. The molecule has 0 saturated carbocycles. The van der Waals surface area contributed by atoms with Crippen molar-refractivity contribution < 1.29 is 0 Å². The molecule has 2 aromatic carbocycles. The number of hydrogen-bond acceptors (Lipinski definition) is 3. The van der Waals surface area contributed by atoms with Crippen molar-refractivity contribution in [1.82, 2.24) is 9.38 Å². The molecule has 3 nitrogen and oxygen atoms in total. The van der Waals surface area contributed by atoms with Gasteiger partial charge in [0.15, 0.2) is 4.96 Å². The molecule has 0 amide bonds. The molecule has 0 saturated heterocycles. The smallest absolute Gasteiger partial charge is 0.194 e. The molecule has 0 atom stereocenters. The average Bonchev–Trinajstić information content (AvgIpc) is 3.08. The van der Waals surface area contributed by atoms with Crippen LogP contribution >= 0.6 is 34.5 Å². The Labute approximate surface area is 146 Å². The van der Waals surface area contributed by atoms with E-state index in [1.165, 1.54) is 0 Å². The van der Waals surface area contributed by atoms with Crippen LogP contribution in [0.5, 0.6) is 0 Å². The van der Waals surface area contributed by atoms with Crippen LogP contribution in [0.4, 0.5) is 5.69 Å². The van der Waals surface area contributed by atoms with Gasteiger partial charge in [-0.25, -0.2) is 4.98 Å². The van der Waals surface area contributed by atoms with Gasteiger partial charge in [0.05, 0.1) is 16.4 Å². The van der Waals surface area contributed by atoms with Crippen LogP contribution in [0.2, 0.25) is 10.0 Å². The molecule has 0 radical (unpaired) electrons. The summed E-state index contributed by atoms with van der Waals surface area (Å²) < 4.78 is 2.04. The van der Waals surface area contributed by atoms with Crippen molar-refractivity contribution in [2.45, 2.75) is 0 Å². The number of fused-ring (bicyclic) bond motifs is 1. The van der Waals surface area contributed by atoms with Gasteiger partial charge in [0.2, 0.25) is 0 Å². The van der Waals surface area contributed by atoms with Crippen molar-refractivity contribution in [3.05, 3.63) is 64.1 Å². The van der Waals surface area contributed by atoms with Crippen LogP contribution in [0.3, 0.4) is 0 Å². The molecule has 0 unspecified atom stereocenters. The van der Waals surface area contributed by atoms with Gasteiger partial charge in [-0.05, 0) is 30.3 Å². The van der Waals surface area contributed by atoms with E-state index < -0.39 is 0 Å². The minimum Gasteiger partial charge on any atom is -0.399 e. The van der Waals surface area contributed by atoms with Gasteiger partial charge < -0.3 is 5.73 Å². The van der Waals surface area contributed by atoms with Gasteiger partial charge in [-0.1, -0.05) is 35.3 Å². The van der Waals surface area contributed by atoms with Crippen LogP contribution in [0.1, 0.15) is 0 Å². The fourth-order valence-electron chi connectivity index (χ4n) is 2.51. The zero-order valence-corrected chi connectivity index (χ0v) is 14.2. The zero-order chi connectivity index (χ0) is 16.0. The van der Waals surface area contributed by atoms with Crippen LogP contribution in [0, 0.1) is 0 Å². The Morgan fingerprint density at radius 2 is 1.96 bits per heavy atom. The molecule has 0 aliphatic rings. The molecule has 0 spiro atoms. The largest absolute Gasteiger partial charge is 0.399 e. The molecule has 0 fully saturated rings. The molecular weight excluding hydrogens is 349 g/mol. The second-order valence-corrected chi connectivity index (χ2v) is 6.83. The minimum absolute atomic E-state index is 0.622. The van der Waals surface area contributed by atoms with Crippen LogP contribution in [-0.2, 0) is 0 Å². The topological polar surface area (TPSA) is 43.3 Å². The molecule has 6 heteroatoms. The van der Waals surface area contributed by atoms with Crippen LogP contribution in [0.15, 0.2) is 54.0 Å². The van der Waals surface area contributed by atoms with Gasteiger partial charge in [0.1, 0.15) is 0 Å². The Morgan fingerprint density at radius 3 is 2.74 bits per heavy atom. The molecule has 4 rings (SSSR count). The maximum atomic E-state index is 6.34. The van der Waals surface area contributed by atoms with Crippen molar-refractivity contribution in [3.8, 4) is 22.5 Å². The molecule has 0 bridgehead atoms. The number of nitrogen functional groups attached to an aromatic ring is 1. The Hall–Kier alpha value is -2.01. The lowest BCUT2D eigenvalue weighted by molar-refractivity contribution is 1.24. The van der Waals surface area contributed by atoms with E-state index in [2.05, 4.69) is 4.98 Å². The Kier molecular flexibility index (Phi) is 3.53. The highest BCUT2D eigenvalue weighted by Gasteiger charge is 2.13. The minimum atomic E-state index is 0.622. The molecule has 2 aromatic heterocycles. The SMILES string of the molecule is Nc1cccc(-c2cn3c(-c4ccc(Cl)cc4Cl)csc3n2)c1. The summed E-state index contributed by atoms with van der Waals surface area (Å²) in [4.78, 5) is 5.58. The van der Waals surface area contributed by atoms with Crippen molar-refractivity contribution in [1.29, 1.82) is 0 Å².